The third-order valence-corrected chi connectivity index (χ3v) is 4.58. The second-order valence-corrected chi connectivity index (χ2v) is 6.14. The van der Waals surface area contributed by atoms with E-state index in [0.29, 0.717) is 19.1 Å². The van der Waals surface area contributed by atoms with E-state index in [9.17, 15) is 4.79 Å². The number of aromatic nitrogens is 2. The number of halogens is 2. The van der Waals surface area contributed by atoms with Gasteiger partial charge in [-0.3, -0.25) is 4.90 Å². The van der Waals surface area contributed by atoms with E-state index in [2.05, 4.69) is 14.9 Å². The molecule has 1 aliphatic carbocycles. The number of piperidine rings is 1. The summed E-state index contributed by atoms with van der Waals surface area (Å²) in [5.74, 6) is 0.982. The third-order valence-electron chi connectivity index (χ3n) is 4.58. The van der Waals surface area contributed by atoms with E-state index in [1.165, 1.54) is 12.8 Å². The first-order valence-electron chi connectivity index (χ1n) is 7.46. The topological polar surface area (TPSA) is 59.4 Å². The van der Waals surface area contributed by atoms with Crippen LogP contribution in [-0.4, -0.2) is 45.8 Å². The van der Waals surface area contributed by atoms with Crippen LogP contribution in [0.2, 0.25) is 0 Å². The summed E-state index contributed by atoms with van der Waals surface area (Å²) in [4.78, 5) is 18.3. The lowest BCUT2D eigenvalue weighted by Gasteiger charge is -2.31. The predicted octanol–water partition coefficient (Wildman–Crippen LogP) is 2.14. The summed E-state index contributed by atoms with van der Waals surface area (Å²) in [6.07, 6.45) is 7.94. The van der Waals surface area contributed by atoms with Gasteiger partial charge in [-0.2, -0.15) is 0 Å². The van der Waals surface area contributed by atoms with Gasteiger partial charge in [0.05, 0.1) is 13.1 Å². The fourth-order valence-electron chi connectivity index (χ4n) is 3.28. The number of carbonyl (C=O) groups excluding carboxylic acids is 1. The number of nitrogens with zero attached hydrogens (tertiary/aromatic N) is 3. The normalized spacial score (nSPS) is 22.9. The van der Waals surface area contributed by atoms with Crippen molar-refractivity contribution in [2.75, 3.05) is 19.6 Å². The molecule has 124 valence electrons. The summed E-state index contributed by atoms with van der Waals surface area (Å²) < 4.78 is 7.89. The molecule has 2 saturated heterocycles. The monoisotopic (exact) mass is 348 g/mol. The molecular formula is C14H22Cl2N4O2. The Morgan fingerprint density at radius 3 is 2.73 bits per heavy atom. The molecule has 0 bridgehead atoms. The van der Waals surface area contributed by atoms with Crippen molar-refractivity contribution in [1.82, 2.24) is 19.8 Å². The third kappa shape index (κ3) is 3.19. The van der Waals surface area contributed by atoms with E-state index >= 15 is 0 Å². The number of ether oxygens (including phenoxy) is 1. The number of nitrogens with one attached hydrogen (secondary N) is 1. The molecule has 2 aliphatic heterocycles. The first-order valence-corrected chi connectivity index (χ1v) is 7.46. The van der Waals surface area contributed by atoms with E-state index in [4.69, 9.17) is 4.74 Å². The highest BCUT2D eigenvalue weighted by atomic mass is 35.5. The van der Waals surface area contributed by atoms with Gasteiger partial charge in [0.2, 0.25) is 0 Å². The minimum Gasteiger partial charge on any atom is -0.441 e. The van der Waals surface area contributed by atoms with Crippen LogP contribution in [0.25, 0.3) is 0 Å². The molecule has 4 rings (SSSR count). The van der Waals surface area contributed by atoms with E-state index in [0.717, 1.165) is 31.8 Å². The van der Waals surface area contributed by atoms with Crippen LogP contribution in [0.4, 0.5) is 4.79 Å². The maximum absolute atomic E-state index is 12.1. The summed E-state index contributed by atoms with van der Waals surface area (Å²) >= 11 is 0. The Hall–Kier alpha value is -0.980. The second-order valence-electron chi connectivity index (χ2n) is 6.14. The largest absolute Gasteiger partial charge is 0.441 e. The highest BCUT2D eigenvalue weighted by molar-refractivity contribution is 5.85. The zero-order valence-corrected chi connectivity index (χ0v) is 14.0. The second kappa shape index (κ2) is 6.64. The molecule has 0 aromatic carbocycles. The Morgan fingerprint density at radius 1 is 1.32 bits per heavy atom. The van der Waals surface area contributed by atoms with Crippen molar-refractivity contribution in [1.29, 1.82) is 0 Å². The molecule has 0 atom stereocenters. The number of hydrogen-bond donors (Lipinski definition) is 1. The summed E-state index contributed by atoms with van der Waals surface area (Å²) in [6, 6.07) is 0.596. The van der Waals surface area contributed by atoms with Crippen molar-refractivity contribution in [3.63, 3.8) is 0 Å². The summed E-state index contributed by atoms with van der Waals surface area (Å²) in [5.41, 5.74) is -0.265. The SMILES string of the molecule is Cl.Cl.O=C1OC2(CCNCC2)CN1Cc1nccn1C1CC1. The number of imidazole rings is 1. The van der Waals surface area contributed by atoms with Crippen molar-refractivity contribution in [2.24, 2.45) is 0 Å². The molecule has 22 heavy (non-hydrogen) atoms. The lowest BCUT2D eigenvalue weighted by molar-refractivity contribution is 0.0316. The Labute approximate surface area is 142 Å². The Kier molecular flexibility index (Phi) is 5.25. The van der Waals surface area contributed by atoms with Crippen molar-refractivity contribution >= 4 is 30.9 Å². The lowest BCUT2D eigenvalue weighted by Crippen LogP contribution is -2.44. The average molecular weight is 349 g/mol. The Morgan fingerprint density at radius 2 is 2.05 bits per heavy atom. The van der Waals surface area contributed by atoms with Crippen LogP contribution in [0.1, 0.15) is 37.5 Å². The molecule has 0 unspecified atom stereocenters. The van der Waals surface area contributed by atoms with Crippen LogP contribution >= 0.6 is 24.8 Å². The molecule has 6 nitrogen and oxygen atoms in total. The summed E-state index contributed by atoms with van der Waals surface area (Å²) in [7, 11) is 0. The fraction of sp³-hybridized carbons (Fsp3) is 0.714. The van der Waals surface area contributed by atoms with Gasteiger partial charge in [0.15, 0.2) is 0 Å². The van der Waals surface area contributed by atoms with E-state index in [1.807, 2.05) is 17.3 Å². The highest BCUT2D eigenvalue weighted by Gasteiger charge is 2.46. The standard InChI is InChI=1S/C14H20N4O2.2ClH/c19-13-17(10-14(20-13)3-5-15-6-4-14)9-12-16-7-8-18(12)11-1-2-11;;/h7-8,11,15H,1-6,9-10H2;2*1H. The minimum absolute atomic E-state index is 0. The van der Waals surface area contributed by atoms with Crippen LogP contribution in [-0.2, 0) is 11.3 Å². The maximum atomic E-state index is 12.1. The van der Waals surface area contributed by atoms with Crippen LogP contribution in [0.15, 0.2) is 12.4 Å². The van der Waals surface area contributed by atoms with Gasteiger partial charge in [-0.25, -0.2) is 9.78 Å². The molecule has 3 fully saturated rings. The number of carbonyl (C=O) groups is 1. The molecule has 1 N–H and O–H groups in total. The molecule has 3 aliphatic rings. The molecule has 1 saturated carbocycles. The Balaban J connectivity index is 0.000000882. The zero-order chi connectivity index (χ0) is 13.6. The number of hydrogen-bond acceptors (Lipinski definition) is 4. The first-order chi connectivity index (χ1) is 9.76. The zero-order valence-electron chi connectivity index (χ0n) is 12.4. The average Bonchev–Trinajstić information content (AvgIpc) is 3.12. The van der Waals surface area contributed by atoms with Crippen molar-refractivity contribution in [3.05, 3.63) is 18.2 Å². The van der Waals surface area contributed by atoms with E-state index in [-0.39, 0.29) is 36.5 Å². The Bertz CT molecular complexity index is 527. The molecule has 0 radical (unpaired) electrons. The van der Waals surface area contributed by atoms with Crippen molar-refractivity contribution in [2.45, 2.75) is 43.9 Å². The minimum atomic E-state index is -0.265. The molecule has 3 heterocycles. The van der Waals surface area contributed by atoms with Gasteiger partial charge < -0.3 is 14.6 Å². The summed E-state index contributed by atoms with van der Waals surface area (Å²) in [6.45, 7) is 3.12. The molecule has 1 aromatic heterocycles. The van der Waals surface area contributed by atoms with Gasteiger partial charge >= 0.3 is 6.09 Å². The quantitative estimate of drug-likeness (QED) is 0.908. The molecule has 1 aromatic rings. The highest BCUT2D eigenvalue weighted by Crippen LogP contribution is 2.36. The van der Waals surface area contributed by atoms with Crippen LogP contribution in [0, 0.1) is 0 Å². The van der Waals surface area contributed by atoms with Gasteiger partial charge in [0, 0.05) is 31.3 Å². The van der Waals surface area contributed by atoms with Crippen molar-refractivity contribution in [3.8, 4) is 0 Å². The van der Waals surface area contributed by atoms with Crippen LogP contribution < -0.4 is 5.32 Å². The van der Waals surface area contributed by atoms with Gasteiger partial charge in [0.1, 0.15) is 11.4 Å². The van der Waals surface area contributed by atoms with Crippen LogP contribution in [0.3, 0.4) is 0 Å². The van der Waals surface area contributed by atoms with E-state index < -0.39 is 0 Å². The molecule has 1 amide bonds. The number of rotatable bonds is 3. The molecular weight excluding hydrogens is 327 g/mol. The smallest absolute Gasteiger partial charge is 0.410 e. The van der Waals surface area contributed by atoms with Gasteiger partial charge in [-0.05, 0) is 25.9 Å². The maximum Gasteiger partial charge on any atom is 0.410 e. The van der Waals surface area contributed by atoms with Gasteiger partial charge in [0.25, 0.3) is 0 Å². The predicted molar refractivity (Wildman–Crippen MR) is 86.7 cm³/mol. The molecule has 8 heteroatoms. The first kappa shape index (κ1) is 17.4. The number of amides is 1. The van der Waals surface area contributed by atoms with Crippen LogP contribution in [0.5, 0.6) is 0 Å². The van der Waals surface area contributed by atoms with Gasteiger partial charge in [-0.1, -0.05) is 0 Å². The van der Waals surface area contributed by atoms with Crippen molar-refractivity contribution < 1.29 is 9.53 Å². The van der Waals surface area contributed by atoms with E-state index in [1.54, 1.807) is 0 Å². The van der Waals surface area contributed by atoms with Gasteiger partial charge in [-0.15, -0.1) is 24.8 Å². The molecule has 1 spiro atoms. The lowest BCUT2D eigenvalue weighted by atomic mass is 9.92. The summed E-state index contributed by atoms with van der Waals surface area (Å²) in [5, 5.41) is 3.32. The fourth-order valence-corrected chi connectivity index (χ4v) is 3.28.